The minimum Gasteiger partial charge on any atom is -0.508 e. The van der Waals surface area contributed by atoms with Crippen LogP contribution in [0.5, 0.6) is 5.75 Å². The van der Waals surface area contributed by atoms with Gasteiger partial charge in [0, 0.05) is 51.4 Å². The molecule has 1 aromatic heterocycles. The quantitative estimate of drug-likeness (QED) is 0.420. The smallest absolute Gasteiger partial charge is 0.233 e. The Morgan fingerprint density at radius 2 is 1.92 bits per heavy atom. The number of amides is 1. The van der Waals surface area contributed by atoms with Gasteiger partial charge in [0.15, 0.2) is 11.6 Å². The van der Waals surface area contributed by atoms with Gasteiger partial charge in [-0.15, -0.1) is 0 Å². The molecule has 36 heavy (non-hydrogen) atoms. The van der Waals surface area contributed by atoms with Crippen molar-refractivity contribution in [2.45, 2.75) is 38.9 Å². The van der Waals surface area contributed by atoms with Gasteiger partial charge in [-0.3, -0.25) is 9.69 Å². The molecule has 1 aromatic carbocycles. The molecule has 1 amide bonds. The monoisotopic (exact) mass is 497 g/mol. The number of aldehydes is 1. The largest absolute Gasteiger partial charge is 0.508 e. The van der Waals surface area contributed by atoms with E-state index in [-0.39, 0.29) is 30.4 Å². The van der Waals surface area contributed by atoms with Crippen molar-refractivity contribution in [3.05, 3.63) is 53.5 Å². The van der Waals surface area contributed by atoms with Crippen molar-refractivity contribution in [2.75, 3.05) is 51.2 Å². The first-order valence-corrected chi connectivity index (χ1v) is 12.7. The van der Waals surface area contributed by atoms with Crippen LogP contribution < -0.4 is 4.90 Å². The normalized spacial score (nSPS) is 20.1. The number of likely N-dealkylation sites (N-methyl/N-ethyl adjacent to an activating group) is 1. The van der Waals surface area contributed by atoms with Crippen LogP contribution in [0.1, 0.15) is 25.1 Å². The maximum absolute atomic E-state index is 14.7. The Hall–Kier alpha value is -3.04. The Morgan fingerprint density at radius 3 is 2.56 bits per heavy atom. The molecule has 0 saturated carbocycles. The van der Waals surface area contributed by atoms with Crippen LogP contribution in [0.15, 0.2) is 36.4 Å². The number of benzene rings is 1. The van der Waals surface area contributed by atoms with Gasteiger partial charge in [0.05, 0.1) is 18.2 Å². The summed E-state index contributed by atoms with van der Waals surface area (Å²) in [7, 11) is 2.15. The van der Waals surface area contributed by atoms with Crippen LogP contribution in [0.25, 0.3) is 0 Å². The van der Waals surface area contributed by atoms with Gasteiger partial charge in [-0.05, 0) is 57.1 Å². The molecule has 2 saturated heterocycles. The summed E-state index contributed by atoms with van der Waals surface area (Å²) in [5.74, 6) is -1.03. The second kappa shape index (κ2) is 11.3. The number of phenolic OH excluding ortho intramolecular Hbond substituents is 1. The molecule has 8 nitrogen and oxygen atoms in total. The molecule has 0 radical (unpaired) electrons. The Morgan fingerprint density at radius 1 is 1.19 bits per heavy atom. The third-order valence-electron chi connectivity index (χ3n) is 7.47. The lowest BCUT2D eigenvalue weighted by Gasteiger charge is -2.49. The molecule has 2 aliphatic rings. The van der Waals surface area contributed by atoms with Crippen molar-refractivity contribution in [2.24, 2.45) is 5.92 Å². The summed E-state index contributed by atoms with van der Waals surface area (Å²) in [4.78, 5) is 37.8. The predicted octanol–water partition coefficient (Wildman–Crippen LogP) is 2.16. The molecule has 0 aliphatic carbocycles. The molecule has 2 aromatic rings. The number of aromatic hydroxyl groups is 1. The number of aromatic nitrogens is 1. The van der Waals surface area contributed by atoms with Crippen molar-refractivity contribution in [1.29, 1.82) is 0 Å². The molecule has 0 spiro atoms. The van der Waals surface area contributed by atoms with Crippen molar-refractivity contribution < 1.29 is 19.1 Å². The summed E-state index contributed by atoms with van der Waals surface area (Å²) in [6.07, 6.45) is 0.919. The molecule has 1 N–H and O–H groups in total. The molecule has 3 heterocycles. The van der Waals surface area contributed by atoms with Gasteiger partial charge in [-0.2, -0.15) is 0 Å². The summed E-state index contributed by atoms with van der Waals surface area (Å²) >= 11 is 0. The summed E-state index contributed by atoms with van der Waals surface area (Å²) in [5, 5.41) is 9.47. The highest BCUT2D eigenvalue weighted by molar-refractivity contribution is 5.92. The van der Waals surface area contributed by atoms with Crippen molar-refractivity contribution >= 4 is 18.0 Å². The fourth-order valence-corrected chi connectivity index (χ4v) is 4.90. The third kappa shape index (κ3) is 5.84. The van der Waals surface area contributed by atoms with E-state index in [1.807, 2.05) is 11.8 Å². The lowest BCUT2D eigenvalue weighted by atomic mass is 9.99. The van der Waals surface area contributed by atoms with E-state index in [0.29, 0.717) is 36.4 Å². The second-order valence-electron chi connectivity index (χ2n) is 9.96. The number of nitrogens with zero attached hydrogens (tertiary/aromatic N) is 5. The van der Waals surface area contributed by atoms with E-state index in [1.54, 1.807) is 23.1 Å². The molecular weight excluding hydrogens is 461 g/mol. The lowest BCUT2D eigenvalue weighted by molar-refractivity contribution is -0.138. The number of carbonyl (C=O) groups excluding carboxylic acids is 2. The van der Waals surface area contributed by atoms with Crippen LogP contribution in [0.4, 0.5) is 10.2 Å². The highest BCUT2D eigenvalue weighted by Gasteiger charge is 2.36. The van der Waals surface area contributed by atoms with Crippen LogP contribution in [-0.2, 0) is 22.6 Å². The SMILES string of the molecule is CCN(Cc1ccc(F)c(N2CC(N3CCN(C)[C@H](C)C3)C2)n1)C(=O)C(C=O)Cc1ccc(O)cc1. The Bertz CT molecular complexity index is 1060. The second-order valence-corrected chi connectivity index (χ2v) is 9.96. The Labute approximate surface area is 212 Å². The van der Waals surface area contributed by atoms with E-state index in [2.05, 4.69) is 28.8 Å². The molecule has 0 bridgehead atoms. The maximum atomic E-state index is 14.7. The van der Waals surface area contributed by atoms with E-state index in [9.17, 15) is 19.1 Å². The average Bonchev–Trinajstić information content (AvgIpc) is 2.84. The van der Waals surface area contributed by atoms with Crippen molar-refractivity contribution in [3.63, 3.8) is 0 Å². The highest BCUT2D eigenvalue weighted by atomic mass is 19.1. The van der Waals surface area contributed by atoms with E-state index in [0.717, 1.165) is 38.3 Å². The number of phenols is 1. The lowest BCUT2D eigenvalue weighted by Crippen LogP contribution is -2.64. The molecule has 9 heteroatoms. The van der Waals surface area contributed by atoms with Crippen molar-refractivity contribution in [1.82, 2.24) is 19.7 Å². The number of pyridine rings is 1. The highest BCUT2D eigenvalue weighted by Crippen LogP contribution is 2.27. The standard InChI is InChI=1S/C27H36FN5O3/c1-4-31(27(36)21(18-34)13-20-5-8-24(35)9-6-20)15-22-7-10-25(28)26(29-22)33-16-23(17-33)32-12-11-30(3)19(2)14-32/h5-10,18-19,21,23,35H,4,11-17H2,1-3H3/t19-,21?/m1/s1. The first-order chi connectivity index (χ1) is 17.3. The Balaban J connectivity index is 1.38. The van der Waals surface area contributed by atoms with Gasteiger partial charge in [-0.25, -0.2) is 9.37 Å². The van der Waals surface area contributed by atoms with Crippen molar-refractivity contribution in [3.8, 4) is 5.75 Å². The van der Waals surface area contributed by atoms with E-state index >= 15 is 0 Å². The first-order valence-electron chi connectivity index (χ1n) is 12.7. The number of piperazine rings is 1. The number of rotatable bonds is 9. The molecule has 2 atom stereocenters. The molecule has 194 valence electrons. The predicted molar refractivity (Wildman–Crippen MR) is 136 cm³/mol. The number of hydrogen-bond acceptors (Lipinski definition) is 7. The van der Waals surface area contributed by atoms with Gasteiger partial charge in [0.2, 0.25) is 5.91 Å². The van der Waals surface area contributed by atoms with Gasteiger partial charge in [0.25, 0.3) is 0 Å². The van der Waals surface area contributed by atoms with E-state index in [4.69, 9.17) is 0 Å². The molecule has 1 unspecified atom stereocenters. The van der Waals surface area contributed by atoms with Crippen LogP contribution in [0.2, 0.25) is 0 Å². The number of halogens is 1. The van der Waals surface area contributed by atoms with Crippen LogP contribution in [-0.4, -0.2) is 95.4 Å². The number of carbonyl (C=O) groups is 2. The van der Waals surface area contributed by atoms with E-state index < -0.39 is 5.92 Å². The van der Waals surface area contributed by atoms with Gasteiger partial charge >= 0.3 is 0 Å². The van der Waals surface area contributed by atoms with Gasteiger partial charge in [-0.1, -0.05) is 12.1 Å². The average molecular weight is 498 g/mol. The third-order valence-corrected chi connectivity index (χ3v) is 7.47. The molecule has 2 fully saturated rings. The maximum Gasteiger partial charge on any atom is 0.233 e. The Kier molecular flexibility index (Phi) is 8.21. The van der Waals surface area contributed by atoms with Crippen LogP contribution in [0.3, 0.4) is 0 Å². The molecule has 4 rings (SSSR count). The first kappa shape index (κ1) is 26.0. The fourth-order valence-electron chi connectivity index (χ4n) is 4.90. The zero-order chi connectivity index (χ0) is 25.8. The molecular formula is C27H36FN5O3. The van der Waals surface area contributed by atoms with Crippen LogP contribution >= 0.6 is 0 Å². The minimum atomic E-state index is -0.837. The minimum absolute atomic E-state index is 0.132. The zero-order valence-electron chi connectivity index (χ0n) is 21.3. The summed E-state index contributed by atoms with van der Waals surface area (Å²) < 4.78 is 14.7. The van der Waals surface area contributed by atoms with Gasteiger partial charge < -0.3 is 24.6 Å². The fraction of sp³-hybridized carbons (Fsp3) is 0.519. The zero-order valence-corrected chi connectivity index (χ0v) is 21.3. The summed E-state index contributed by atoms with van der Waals surface area (Å²) in [6.45, 7) is 9.23. The number of anilines is 1. The summed E-state index contributed by atoms with van der Waals surface area (Å²) in [5.41, 5.74) is 1.38. The number of hydrogen-bond donors (Lipinski definition) is 1. The van der Waals surface area contributed by atoms with Gasteiger partial charge in [0.1, 0.15) is 12.0 Å². The topological polar surface area (TPSA) is 80.2 Å². The summed E-state index contributed by atoms with van der Waals surface area (Å²) in [6, 6.07) is 10.4. The van der Waals surface area contributed by atoms with Crippen LogP contribution in [0, 0.1) is 11.7 Å². The molecule has 2 aliphatic heterocycles. The van der Waals surface area contributed by atoms with E-state index in [1.165, 1.54) is 18.2 Å².